The lowest BCUT2D eigenvalue weighted by Gasteiger charge is -2.48. The molecular weight excluding hydrogens is 406 g/mol. The van der Waals surface area contributed by atoms with E-state index in [-0.39, 0.29) is 34.7 Å². The average molecular weight is 440 g/mol. The fraction of sp³-hybridized carbons (Fsp3) is 0.500. The number of benzene rings is 1. The van der Waals surface area contributed by atoms with Crippen molar-refractivity contribution in [3.8, 4) is 17.0 Å². The summed E-state index contributed by atoms with van der Waals surface area (Å²) < 4.78 is 0. The number of phenols is 1. The van der Waals surface area contributed by atoms with Gasteiger partial charge in [-0.15, -0.1) is 10.2 Å². The van der Waals surface area contributed by atoms with Gasteiger partial charge in [0.2, 0.25) is 11.9 Å². The summed E-state index contributed by atoms with van der Waals surface area (Å²) in [7, 11) is 3.52. The zero-order valence-corrected chi connectivity index (χ0v) is 19.6. The second-order valence-corrected chi connectivity index (χ2v) is 9.52. The predicted octanol–water partition coefficient (Wildman–Crippen LogP) is 1.64. The molecule has 2 aromatic rings. The van der Waals surface area contributed by atoms with E-state index in [0.717, 1.165) is 12.8 Å². The maximum Gasteiger partial charge on any atom is 0.245 e. The van der Waals surface area contributed by atoms with Crippen LogP contribution in [0.2, 0.25) is 0 Å². The van der Waals surface area contributed by atoms with Gasteiger partial charge in [-0.25, -0.2) is 4.98 Å². The summed E-state index contributed by atoms with van der Waals surface area (Å²) >= 11 is 0. The predicted molar refractivity (Wildman–Crippen MR) is 128 cm³/mol. The minimum absolute atomic E-state index is 0.00767. The second kappa shape index (κ2) is 8.70. The van der Waals surface area contributed by atoms with Crippen LogP contribution in [0, 0.1) is 0 Å². The first-order chi connectivity index (χ1) is 14.9. The number of amidine groups is 1. The van der Waals surface area contributed by atoms with E-state index in [1.165, 1.54) is 13.1 Å². The van der Waals surface area contributed by atoms with Crippen LogP contribution < -0.4 is 21.7 Å². The standard InChI is InChI=1S/C22H33N9O/c1-21(2)10-14(11-22(3,4)30-21)31(6)20-26-12-16(28-29-20)15-8-7-13(9-17(15)32)18(23)27-19(24)25-5/h7-9,12,14,30,32H,10-11H2,1-6H3,(H4,23,24,25,27). The highest BCUT2D eigenvalue weighted by Gasteiger charge is 2.39. The van der Waals surface area contributed by atoms with Gasteiger partial charge in [0, 0.05) is 42.3 Å². The molecule has 0 spiro atoms. The van der Waals surface area contributed by atoms with Crippen molar-refractivity contribution in [3.05, 3.63) is 30.0 Å². The lowest BCUT2D eigenvalue weighted by molar-refractivity contribution is 0.160. The summed E-state index contributed by atoms with van der Waals surface area (Å²) in [5, 5.41) is 22.8. The molecule has 6 N–H and O–H groups in total. The van der Waals surface area contributed by atoms with E-state index in [4.69, 9.17) is 11.5 Å². The molecule has 0 atom stereocenters. The number of guanidine groups is 1. The van der Waals surface area contributed by atoms with E-state index in [1.807, 2.05) is 7.05 Å². The van der Waals surface area contributed by atoms with Crippen molar-refractivity contribution >= 4 is 17.7 Å². The number of nitrogens with two attached hydrogens (primary N) is 2. The van der Waals surface area contributed by atoms with E-state index in [2.05, 4.69) is 63.1 Å². The average Bonchev–Trinajstić information content (AvgIpc) is 2.71. The first-order valence-electron chi connectivity index (χ1n) is 10.5. The maximum absolute atomic E-state index is 10.5. The molecule has 0 amide bonds. The van der Waals surface area contributed by atoms with E-state index in [9.17, 15) is 5.11 Å². The smallest absolute Gasteiger partial charge is 0.245 e. The SMILES string of the molecule is CN=C(N)N=C(N)c1ccc(-c2cnc(N(C)C3CC(C)(C)NC(C)(C)C3)nn2)c(O)c1. The third kappa shape index (κ3) is 5.31. The Bertz CT molecular complexity index is 1010. The number of hydrogen-bond donors (Lipinski definition) is 4. The van der Waals surface area contributed by atoms with Crippen LogP contribution in [-0.2, 0) is 0 Å². The van der Waals surface area contributed by atoms with Crippen LogP contribution in [0.4, 0.5) is 5.95 Å². The Morgan fingerprint density at radius 3 is 2.34 bits per heavy atom. The van der Waals surface area contributed by atoms with Gasteiger partial charge in [0.25, 0.3) is 0 Å². The Labute approximate surface area is 188 Å². The monoisotopic (exact) mass is 439 g/mol. The second-order valence-electron chi connectivity index (χ2n) is 9.52. The molecule has 10 nitrogen and oxygen atoms in total. The van der Waals surface area contributed by atoms with Crippen LogP contribution in [0.25, 0.3) is 11.3 Å². The number of anilines is 1. The summed E-state index contributed by atoms with van der Waals surface area (Å²) in [5.41, 5.74) is 13.0. The lowest BCUT2D eigenvalue weighted by atomic mass is 9.79. The van der Waals surface area contributed by atoms with E-state index >= 15 is 0 Å². The molecule has 0 aliphatic carbocycles. The van der Waals surface area contributed by atoms with Crippen molar-refractivity contribution in [2.75, 3.05) is 19.0 Å². The molecule has 1 fully saturated rings. The van der Waals surface area contributed by atoms with Gasteiger partial charge in [0.15, 0.2) is 0 Å². The molecule has 32 heavy (non-hydrogen) atoms. The Morgan fingerprint density at radius 2 is 1.81 bits per heavy atom. The zero-order chi connectivity index (χ0) is 23.7. The Hall–Kier alpha value is -3.27. The van der Waals surface area contributed by atoms with E-state index in [1.54, 1.807) is 18.3 Å². The number of nitrogens with one attached hydrogen (secondary N) is 1. The molecule has 172 valence electrons. The summed E-state index contributed by atoms with van der Waals surface area (Å²) in [6, 6.07) is 5.19. The molecule has 2 heterocycles. The minimum Gasteiger partial charge on any atom is -0.507 e. The van der Waals surface area contributed by atoms with E-state index in [0.29, 0.717) is 22.8 Å². The molecule has 3 rings (SSSR count). The van der Waals surface area contributed by atoms with Crippen LogP contribution >= 0.6 is 0 Å². The highest BCUT2D eigenvalue weighted by atomic mass is 16.3. The quantitative estimate of drug-likeness (QED) is 0.414. The Morgan fingerprint density at radius 1 is 1.16 bits per heavy atom. The van der Waals surface area contributed by atoms with Crippen molar-refractivity contribution in [3.63, 3.8) is 0 Å². The maximum atomic E-state index is 10.5. The molecule has 0 bridgehead atoms. The number of nitrogens with zero attached hydrogens (tertiary/aromatic N) is 6. The molecule has 1 aromatic carbocycles. The Kier molecular flexibility index (Phi) is 6.36. The molecule has 1 aliphatic heterocycles. The van der Waals surface area contributed by atoms with Gasteiger partial charge in [-0.1, -0.05) is 6.07 Å². The topological polar surface area (TPSA) is 151 Å². The third-order valence-corrected chi connectivity index (χ3v) is 5.61. The number of rotatable bonds is 4. The van der Waals surface area contributed by atoms with Gasteiger partial charge in [-0.2, -0.15) is 4.99 Å². The summed E-state index contributed by atoms with van der Waals surface area (Å²) in [6.45, 7) is 8.85. The van der Waals surface area contributed by atoms with E-state index < -0.39 is 0 Å². The number of aliphatic imine (C=N–C) groups is 2. The van der Waals surface area contributed by atoms with Crippen molar-refractivity contribution in [1.82, 2.24) is 20.5 Å². The van der Waals surface area contributed by atoms with Crippen molar-refractivity contribution < 1.29 is 5.11 Å². The number of aromatic nitrogens is 3. The lowest BCUT2D eigenvalue weighted by Crippen LogP contribution is -2.62. The third-order valence-electron chi connectivity index (χ3n) is 5.61. The normalized spacial score (nSPS) is 19.1. The van der Waals surface area contributed by atoms with Crippen LogP contribution in [0.1, 0.15) is 46.1 Å². The highest BCUT2D eigenvalue weighted by Crippen LogP contribution is 2.33. The van der Waals surface area contributed by atoms with Crippen LogP contribution in [0.15, 0.2) is 34.4 Å². The highest BCUT2D eigenvalue weighted by molar-refractivity contribution is 6.05. The fourth-order valence-electron chi connectivity index (χ4n) is 4.41. The van der Waals surface area contributed by atoms with Crippen LogP contribution in [0.5, 0.6) is 5.75 Å². The fourth-order valence-corrected chi connectivity index (χ4v) is 4.41. The first kappa shape index (κ1) is 23.4. The number of piperidine rings is 1. The minimum atomic E-state index is -0.00767. The molecule has 1 aliphatic rings. The molecule has 0 radical (unpaired) electrons. The van der Waals surface area contributed by atoms with Gasteiger partial charge in [-0.05, 0) is 52.7 Å². The molecule has 0 unspecified atom stereocenters. The number of hydrogen-bond acceptors (Lipinski definition) is 7. The van der Waals surface area contributed by atoms with Crippen molar-refractivity contribution in [1.29, 1.82) is 0 Å². The number of phenolic OH excluding ortho intramolecular Hbond substituents is 1. The summed E-state index contributed by atoms with van der Waals surface area (Å²) in [4.78, 5) is 14.3. The zero-order valence-electron chi connectivity index (χ0n) is 19.6. The Balaban J connectivity index is 1.80. The van der Waals surface area contributed by atoms with Gasteiger partial charge >= 0.3 is 0 Å². The largest absolute Gasteiger partial charge is 0.507 e. The van der Waals surface area contributed by atoms with Gasteiger partial charge < -0.3 is 26.8 Å². The van der Waals surface area contributed by atoms with Gasteiger partial charge in [-0.3, -0.25) is 4.99 Å². The summed E-state index contributed by atoms with van der Waals surface area (Å²) in [6.07, 6.45) is 3.55. The summed E-state index contributed by atoms with van der Waals surface area (Å²) in [5.74, 6) is 0.756. The first-order valence-corrected chi connectivity index (χ1v) is 10.5. The molecular formula is C22H33N9O. The van der Waals surface area contributed by atoms with Crippen molar-refractivity contribution in [2.24, 2.45) is 21.5 Å². The number of aromatic hydroxyl groups is 1. The molecule has 0 saturated carbocycles. The molecule has 1 aromatic heterocycles. The van der Waals surface area contributed by atoms with Crippen LogP contribution in [0.3, 0.4) is 0 Å². The van der Waals surface area contributed by atoms with Gasteiger partial charge in [0.05, 0.1) is 6.20 Å². The van der Waals surface area contributed by atoms with Crippen LogP contribution in [-0.4, -0.2) is 63.3 Å². The molecule has 10 heteroatoms. The molecule has 1 saturated heterocycles. The van der Waals surface area contributed by atoms with Crippen molar-refractivity contribution in [2.45, 2.75) is 57.7 Å². The van der Waals surface area contributed by atoms with Gasteiger partial charge in [0.1, 0.15) is 17.3 Å².